The Labute approximate surface area is 169 Å². The zero-order valence-electron chi connectivity index (χ0n) is 17.4. The normalized spacial score (nSPS) is 23.9. The fourth-order valence-corrected chi connectivity index (χ4v) is 5.10. The van der Waals surface area contributed by atoms with E-state index in [0.717, 1.165) is 6.42 Å². The highest BCUT2D eigenvalue weighted by Crippen LogP contribution is 2.41. The van der Waals surface area contributed by atoms with Crippen LogP contribution in [0.25, 0.3) is 10.9 Å². The summed E-state index contributed by atoms with van der Waals surface area (Å²) in [5, 5.41) is 5.27. The monoisotopic (exact) mass is 375 g/mol. The summed E-state index contributed by atoms with van der Waals surface area (Å²) in [6.45, 7) is 2.33. The van der Waals surface area contributed by atoms with Gasteiger partial charge in [0.2, 0.25) is 0 Å². The largest absolute Gasteiger partial charge is 0.361 e. The van der Waals surface area contributed by atoms with Crippen molar-refractivity contribution in [1.29, 1.82) is 0 Å². The molecule has 0 amide bonds. The van der Waals surface area contributed by atoms with Gasteiger partial charge in [0.15, 0.2) is 0 Å². The lowest BCUT2D eigenvalue weighted by molar-refractivity contribution is 0.0837. The molecule has 28 heavy (non-hydrogen) atoms. The summed E-state index contributed by atoms with van der Waals surface area (Å²) in [6, 6.07) is 20.8. The van der Waals surface area contributed by atoms with Crippen LogP contribution in [0, 0.1) is 0 Å². The maximum Gasteiger partial charge on any atom is 0.0456 e. The molecule has 148 valence electrons. The van der Waals surface area contributed by atoms with Gasteiger partial charge in [0, 0.05) is 34.7 Å². The number of fused-ring (bicyclic) bond motifs is 1. The quantitative estimate of drug-likeness (QED) is 0.629. The molecule has 0 unspecified atom stereocenters. The van der Waals surface area contributed by atoms with E-state index >= 15 is 0 Å². The van der Waals surface area contributed by atoms with Crippen LogP contribution >= 0.6 is 0 Å². The van der Waals surface area contributed by atoms with Gasteiger partial charge < -0.3 is 10.3 Å². The third kappa shape index (κ3) is 3.74. The number of rotatable bonds is 6. The predicted octanol–water partition coefficient (Wildman–Crippen LogP) is 5.09. The summed E-state index contributed by atoms with van der Waals surface area (Å²) in [5.41, 5.74) is 4.30. The first-order valence-electron chi connectivity index (χ1n) is 10.6. The van der Waals surface area contributed by atoms with E-state index in [4.69, 9.17) is 0 Å². The lowest BCUT2D eigenvalue weighted by atomic mass is 9.74. The molecular weight excluding hydrogens is 342 g/mol. The van der Waals surface area contributed by atoms with Crippen molar-refractivity contribution in [1.82, 2.24) is 15.2 Å². The first-order valence-corrected chi connectivity index (χ1v) is 10.6. The standard InChI is InChI=1S/C25H33N3/c1-19(17-20-18-26-24-12-8-7-11-23(20)24)27-22-13-15-25(16-14-22,28(2)3)21-9-5-4-6-10-21/h4-12,18-19,22,26-27H,13-17H2,1-3H3/t19-,22-,25-/m0/s1. The topological polar surface area (TPSA) is 31.1 Å². The second-order valence-corrected chi connectivity index (χ2v) is 8.70. The first kappa shape index (κ1) is 19.2. The van der Waals surface area contributed by atoms with Crippen LogP contribution in [-0.4, -0.2) is 36.1 Å². The molecule has 3 nitrogen and oxygen atoms in total. The van der Waals surface area contributed by atoms with E-state index in [9.17, 15) is 0 Å². The highest BCUT2D eigenvalue weighted by Gasteiger charge is 2.38. The molecule has 0 saturated heterocycles. The van der Waals surface area contributed by atoms with Crippen LogP contribution in [0.1, 0.15) is 43.7 Å². The molecule has 3 aromatic rings. The van der Waals surface area contributed by atoms with Gasteiger partial charge in [0.25, 0.3) is 0 Å². The van der Waals surface area contributed by atoms with Gasteiger partial charge in [-0.15, -0.1) is 0 Å². The summed E-state index contributed by atoms with van der Waals surface area (Å²) in [6.07, 6.45) is 8.12. The molecule has 1 aliphatic carbocycles. The maximum atomic E-state index is 3.92. The molecule has 3 heteroatoms. The average Bonchev–Trinajstić information content (AvgIpc) is 3.12. The molecule has 0 aliphatic heterocycles. The van der Waals surface area contributed by atoms with Crippen LogP contribution in [0.4, 0.5) is 0 Å². The summed E-state index contributed by atoms with van der Waals surface area (Å²) < 4.78 is 0. The minimum Gasteiger partial charge on any atom is -0.361 e. The molecule has 0 spiro atoms. The molecule has 4 rings (SSSR count). The molecule has 1 atom stereocenters. The highest BCUT2D eigenvalue weighted by molar-refractivity contribution is 5.83. The summed E-state index contributed by atoms with van der Waals surface area (Å²) >= 11 is 0. The molecule has 0 bridgehead atoms. The predicted molar refractivity (Wildman–Crippen MR) is 119 cm³/mol. The van der Waals surface area contributed by atoms with Gasteiger partial charge >= 0.3 is 0 Å². The number of hydrogen-bond acceptors (Lipinski definition) is 2. The van der Waals surface area contributed by atoms with Crippen LogP contribution in [0.5, 0.6) is 0 Å². The van der Waals surface area contributed by atoms with Crippen LogP contribution in [0.15, 0.2) is 60.8 Å². The zero-order chi connectivity index (χ0) is 19.6. The van der Waals surface area contributed by atoms with E-state index in [-0.39, 0.29) is 5.54 Å². The Morgan fingerprint density at radius 3 is 2.43 bits per heavy atom. The fourth-order valence-electron chi connectivity index (χ4n) is 5.10. The van der Waals surface area contributed by atoms with Gasteiger partial charge in [-0.1, -0.05) is 48.5 Å². The Kier molecular flexibility index (Phi) is 5.56. The molecule has 1 fully saturated rings. The van der Waals surface area contributed by atoms with Crippen molar-refractivity contribution >= 4 is 10.9 Å². The Hall–Kier alpha value is -2.10. The summed E-state index contributed by atoms with van der Waals surface area (Å²) in [4.78, 5) is 5.84. The van der Waals surface area contributed by atoms with Crippen molar-refractivity contribution in [2.45, 2.75) is 56.7 Å². The molecule has 1 heterocycles. The second kappa shape index (κ2) is 8.10. The third-order valence-corrected chi connectivity index (χ3v) is 6.70. The fraction of sp³-hybridized carbons (Fsp3) is 0.440. The minimum absolute atomic E-state index is 0.180. The molecule has 0 radical (unpaired) electrons. The van der Waals surface area contributed by atoms with Gasteiger partial charge in [0.05, 0.1) is 0 Å². The summed E-state index contributed by atoms with van der Waals surface area (Å²) in [7, 11) is 4.47. The Morgan fingerprint density at radius 2 is 1.71 bits per heavy atom. The average molecular weight is 376 g/mol. The number of benzene rings is 2. The van der Waals surface area contributed by atoms with Gasteiger partial charge in [-0.05, 0) is 70.3 Å². The lowest BCUT2D eigenvalue weighted by Crippen LogP contribution is -2.49. The Balaban J connectivity index is 1.38. The molecule has 1 aliphatic rings. The van der Waals surface area contributed by atoms with E-state index in [0.29, 0.717) is 12.1 Å². The van der Waals surface area contributed by atoms with E-state index in [1.165, 1.54) is 47.7 Å². The number of nitrogens with one attached hydrogen (secondary N) is 2. The van der Waals surface area contributed by atoms with Crippen molar-refractivity contribution in [2.75, 3.05) is 14.1 Å². The summed E-state index contributed by atoms with van der Waals surface area (Å²) in [5.74, 6) is 0. The zero-order valence-corrected chi connectivity index (χ0v) is 17.4. The van der Waals surface area contributed by atoms with Crippen LogP contribution in [-0.2, 0) is 12.0 Å². The third-order valence-electron chi connectivity index (χ3n) is 6.70. The number of para-hydroxylation sites is 1. The Morgan fingerprint density at radius 1 is 1.04 bits per heavy atom. The number of aromatic amines is 1. The smallest absolute Gasteiger partial charge is 0.0456 e. The van der Waals surface area contributed by atoms with E-state index in [2.05, 4.69) is 97.0 Å². The number of nitrogens with zero attached hydrogens (tertiary/aromatic N) is 1. The van der Waals surface area contributed by atoms with Crippen molar-refractivity contribution < 1.29 is 0 Å². The van der Waals surface area contributed by atoms with E-state index in [1.807, 2.05) is 0 Å². The first-order chi connectivity index (χ1) is 13.6. The van der Waals surface area contributed by atoms with Crippen molar-refractivity contribution in [3.63, 3.8) is 0 Å². The molecule has 2 aromatic carbocycles. The van der Waals surface area contributed by atoms with Gasteiger partial charge in [-0.25, -0.2) is 0 Å². The maximum absolute atomic E-state index is 3.92. The van der Waals surface area contributed by atoms with Crippen molar-refractivity contribution in [2.24, 2.45) is 0 Å². The molecule has 2 N–H and O–H groups in total. The van der Waals surface area contributed by atoms with Crippen LogP contribution in [0.2, 0.25) is 0 Å². The number of hydrogen-bond donors (Lipinski definition) is 2. The molecular formula is C25H33N3. The Bertz CT molecular complexity index is 888. The number of H-pyrrole nitrogens is 1. The number of aromatic nitrogens is 1. The van der Waals surface area contributed by atoms with E-state index < -0.39 is 0 Å². The molecule has 1 aromatic heterocycles. The van der Waals surface area contributed by atoms with Gasteiger partial charge in [-0.2, -0.15) is 0 Å². The second-order valence-electron chi connectivity index (χ2n) is 8.70. The van der Waals surface area contributed by atoms with Crippen LogP contribution in [0.3, 0.4) is 0 Å². The molecule has 1 saturated carbocycles. The van der Waals surface area contributed by atoms with Crippen molar-refractivity contribution in [3.8, 4) is 0 Å². The SMILES string of the molecule is C[C@@H](Cc1c[nH]c2ccccc12)N[C@H]1CC[C@](c2ccccc2)(N(C)C)CC1. The lowest BCUT2D eigenvalue weighted by Gasteiger charge is -2.46. The van der Waals surface area contributed by atoms with Gasteiger partial charge in [-0.3, -0.25) is 4.90 Å². The van der Waals surface area contributed by atoms with E-state index in [1.54, 1.807) is 0 Å². The van der Waals surface area contributed by atoms with Gasteiger partial charge in [0.1, 0.15) is 0 Å². The minimum atomic E-state index is 0.180. The van der Waals surface area contributed by atoms with Crippen molar-refractivity contribution in [3.05, 3.63) is 71.9 Å². The highest BCUT2D eigenvalue weighted by atomic mass is 15.1. The van der Waals surface area contributed by atoms with Crippen LogP contribution < -0.4 is 5.32 Å².